The number of pyridine rings is 1. The van der Waals surface area contributed by atoms with Crippen LogP contribution in [0.5, 0.6) is 5.75 Å². The van der Waals surface area contributed by atoms with Crippen LogP contribution in [0.25, 0.3) is 0 Å². The predicted octanol–water partition coefficient (Wildman–Crippen LogP) is 2.55. The zero-order valence-corrected chi connectivity index (χ0v) is 8.40. The first-order chi connectivity index (χ1) is 7.88. The number of alkyl halides is 3. The molecule has 8 heteroatoms. The van der Waals surface area contributed by atoms with Gasteiger partial charge in [0.15, 0.2) is 11.9 Å². The molecule has 92 valence electrons. The van der Waals surface area contributed by atoms with E-state index in [4.69, 9.17) is 4.74 Å². The quantitative estimate of drug-likeness (QED) is 0.609. The zero-order valence-electron chi connectivity index (χ0n) is 8.40. The fourth-order valence-electron chi connectivity index (χ4n) is 1.21. The Kier molecular flexibility index (Phi) is 2.64. The van der Waals surface area contributed by atoms with E-state index in [0.717, 1.165) is 6.20 Å². The lowest BCUT2D eigenvalue weighted by molar-refractivity contribution is -0.389. The van der Waals surface area contributed by atoms with E-state index in [-0.39, 0.29) is 6.10 Å². The van der Waals surface area contributed by atoms with Crippen molar-refractivity contribution in [1.82, 2.24) is 4.98 Å². The van der Waals surface area contributed by atoms with Crippen LogP contribution < -0.4 is 4.74 Å². The number of rotatable bonds is 3. The van der Waals surface area contributed by atoms with E-state index in [1.165, 1.54) is 0 Å². The first-order valence-corrected chi connectivity index (χ1v) is 4.76. The van der Waals surface area contributed by atoms with Gasteiger partial charge in [-0.1, -0.05) is 0 Å². The van der Waals surface area contributed by atoms with Gasteiger partial charge in [0.2, 0.25) is 0 Å². The first kappa shape index (κ1) is 11.6. The van der Waals surface area contributed by atoms with Gasteiger partial charge >= 0.3 is 12.0 Å². The van der Waals surface area contributed by atoms with E-state index in [2.05, 4.69) is 4.98 Å². The summed E-state index contributed by atoms with van der Waals surface area (Å²) in [4.78, 5) is 12.7. The Balaban J connectivity index is 2.39. The van der Waals surface area contributed by atoms with Crippen LogP contribution in [0.3, 0.4) is 0 Å². The van der Waals surface area contributed by atoms with Crippen LogP contribution in [0.15, 0.2) is 12.3 Å². The maximum Gasteiger partial charge on any atom is 0.420 e. The van der Waals surface area contributed by atoms with Crippen molar-refractivity contribution in [2.75, 3.05) is 0 Å². The van der Waals surface area contributed by atoms with Gasteiger partial charge in [0.25, 0.3) is 0 Å². The van der Waals surface area contributed by atoms with Gasteiger partial charge < -0.3 is 14.9 Å². The number of halogens is 3. The average molecular weight is 248 g/mol. The molecule has 0 radical (unpaired) electrons. The zero-order chi connectivity index (χ0) is 12.6. The van der Waals surface area contributed by atoms with Crippen LogP contribution in [-0.2, 0) is 6.18 Å². The molecule has 1 aliphatic carbocycles. The molecule has 0 atom stereocenters. The minimum atomic E-state index is -4.70. The Labute approximate surface area is 93.4 Å². The molecule has 17 heavy (non-hydrogen) atoms. The minimum absolute atomic E-state index is 0.237. The van der Waals surface area contributed by atoms with Gasteiger partial charge in [-0.25, -0.2) is 0 Å². The summed E-state index contributed by atoms with van der Waals surface area (Å²) < 4.78 is 42.9. The number of ether oxygens (including phenoxy) is 1. The SMILES string of the molecule is O=[N+]([O-])c1cc(C(F)(F)F)c(OC2CC2)cn1. The Morgan fingerprint density at radius 3 is 2.59 bits per heavy atom. The Morgan fingerprint density at radius 2 is 2.12 bits per heavy atom. The number of hydrogen-bond donors (Lipinski definition) is 0. The molecule has 1 aliphatic rings. The molecule has 1 saturated carbocycles. The highest BCUT2D eigenvalue weighted by atomic mass is 19.4. The van der Waals surface area contributed by atoms with Gasteiger partial charge in [-0.15, -0.1) is 0 Å². The van der Waals surface area contributed by atoms with Gasteiger partial charge in [-0.3, -0.25) is 0 Å². The van der Waals surface area contributed by atoms with Crippen molar-refractivity contribution in [3.63, 3.8) is 0 Å². The highest BCUT2D eigenvalue weighted by molar-refractivity contribution is 5.39. The topological polar surface area (TPSA) is 65.3 Å². The lowest BCUT2D eigenvalue weighted by atomic mass is 10.2. The second-order valence-corrected chi connectivity index (χ2v) is 3.61. The third-order valence-electron chi connectivity index (χ3n) is 2.16. The normalized spacial score (nSPS) is 15.7. The molecule has 0 amide bonds. The molecule has 0 unspecified atom stereocenters. The molecule has 1 fully saturated rings. The molecule has 0 N–H and O–H groups in total. The lowest BCUT2D eigenvalue weighted by Gasteiger charge is -2.11. The summed E-state index contributed by atoms with van der Waals surface area (Å²) in [5.74, 6) is -1.30. The molecule has 5 nitrogen and oxygen atoms in total. The molecule has 0 saturated heterocycles. The second-order valence-electron chi connectivity index (χ2n) is 3.61. The maximum absolute atomic E-state index is 12.6. The van der Waals surface area contributed by atoms with Crippen LogP contribution >= 0.6 is 0 Å². The summed E-state index contributed by atoms with van der Waals surface area (Å²) in [6.07, 6.45) is -2.81. The van der Waals surface area contributed by atoms with Crippen molar-refractivity contribution < 1.29 is 22.8 Å². The summed E-state index contributed by atoms with van der Waals surface area (Å²) in [6.45, 7) is 0. The van der Waals surface area contributed by atoms with Crippen molar-refractivity contribution in [3.05, 3.63) is 27.9 Å². The Hall–Kier alpha value is -1.86. The number of aromatic nitrogens is 1. The number of hydrogen-bond acceptors (Lipinski definition) is 4. The van der Waals surface area contributed by atoms with Crippen molar-refractivity contribution >= 4 is 5.82 Å². The average Bonchev–Trinajstić information content (AvgIpc) is 3.00. The molecule has 1 aromatic rings. The van der Waals surface area contributed by atoms with E-state index >= 15 is 0 Å². The Morgan fingerprint density at radius 1 is 1.47 bits per heavy atom. The van der Waals surface area contributed by atoms with Crippen molar-refractivity contribution in [2.24, 2.45) is 0 Å². The molecule has 0 aliphatic heterocycles. The molecule has 0 spiro atoms. The summed E-state index contributed by atoms with van der Waals surface area (Å²) in [7, 11) is 0. The third-order valence-corrected chi connectivity index (χ3v) is 2.16. The van der Waals surface area contributed by atoms with Gasteiger partial charge in [-0.05, 0) is 22.7 Å². The van der Waals surface area contributed by atoms with E-state index in [0.29, 0.717) is 18.9 Å². The molecular weight excluding hydrogens is 241 g/mol. The van der Waals surface area contributed by atoms with Gasteiger partial charge in [0.1, 0.15) is 5.56 Å². The molecule has 0 aromatic carbocycles. The minimum Gasteiger partial charge on any atom is -0.486 e. The van der Waals surface area contributed by atoms with E-state index in [9.17, 15) is 23.3 Å². The standard InChI is InChI=1S/C9H7F3N2O3/c10-9(11,12)6-3-8(14(15)16)13-4-7(6)17-5-1-2-5/h3-5H,1-2H2. The molecule has 0 bridgehead atoms. The molecule has 1 heterocycles. The second kappa shape index (κ2) is 3.86. The fraction of sp³-hybridized carbons (Fsp3) is 0.444. The van der Waals surface area contributed by atoms with Crippen LogP contribution in [-0.4, -0.2) is 16.0 Å². The van der Waals surface area contributed by atoms with Gasteiger partial charge in [-0.2, -0.15) is 13.2 Å². The van der Waals surface area contributed by atoms with Crippen LogP contribution in [0.1, 0.15) is 18.4 Å². The van der Waals surface area contributed by atoms with Crippen LogP contribution in [0.2, 0.25) is 0 Å². The summed E-state index contributed by atoms with van der Waals surface area (Å²) in [5.41, 5.74) is -1.16. The largest absolute Gasteiger partial charge is 0.486 e. The highest BCUT2D eigenvalue weighted by Gasteiger charge is 2.38. The van der Waals surface area contributed by atoms with Crippen LogP contribution in [0.4, 0.5) is 19.0 Å². The van der Waals surface area contributed by atoms with E-state index in [1.54, 1.807) is 0 Å². The van der Waals surface area contributed by atoms with Gasteiger partial charge in [0.05, 0.1) is 12.2 Å². The predicted molar refractivity (Wildman–Crippen MR) is 49.5 cm³/mol. The van der Waals surface area contributed by atoms with Crippen molar-refractivity contribution in [2.45, 2.75) is 25.1 Å². The monoisotopic (exact) mass is 248 g/mol. The lowest BCUT2D eigenvalue weighted by Crippen LogP contribution is -2.11. The smallest absolute Gasteiger partial charge is 0.420 e. The van der Waals surface area contributed by atoms with Gasteiger partial charge in [0, 0.05) is 0 Å². The number of nitro groups is 1. The fourth-order valence-corrected chi connectivity index (χ4v) is 1.21. The van der Waals surface area contributed by atoms with E-state index in [1.807, 2.05) is 0 Å². The Bertz CT molecular complexity index is 457. The molecule has 1 aromatic heterocycles. The maximum atomic E-state index is 12.6. The molecular formula is C9H7F3N2O3. The summed E-state index contributed by atoms with van der Waals surface area (Å²) >= 11 is 0. The summed E-state index contributed by atoms with van der Waals surface area (Å²) in [6, 6.07) is 0.387. The molecule has 2 rings (SSSR count). The number of nitrogens with zero attached hydrogens (tertiary/aromatic N) is 2. The van der Waals surface area contributed by atoms with Crippen molar-refractivity contribution in [3.8, 4) is 5.75 Å². The summed E-state index contributed by atoms with van der Waals surface area (Å²) in [5, 5.41) is 10.4. The third kappa shape index (κ3) is 2.63. The van der Waals surface area contributed by atoms with E-state index < -0.39 is 28.2 Å². The highest BCUT2D eigenvalue weighted by Crippen LogP contribution is 2.39. The van der Waals surface area contributed by atoms with Crippen molar-refractivity contribution in [1.29, 1.82) is 0 Å². The van der Waals surface area contributed by atoms with Crippen LogP contribution in [0, 0.1) is 10.1 Å². The first-order valence-electron chi connectivity index (χ1n) is 4.76.